The maximum Gasteiger partial charge on any atom is 0.492 e. The first-order valence-corrected chi connectivity index (χ1v) is 8.35. The molecule has 0 saturated heterocycles. The lowest BCUT2D eigenvalue weighted by Crippen LogP contribution is -2.35. The number of alkyl carbamates (subject to hydrolysis) is 1. The summed E-state index contributed by atoms with van der Waals surface area (Å²) in [6.45, 7) is 8.07. The lowest BCUT2D eigenvalue weighted by Gasteiger charge is -2.21. The predicted molar refractivity (Wildman–Crippen MR) is 92.9 cm³/mol. The fourth-order valence-corrected chi connectivity index (χ4v) is 2.74. The van der Waals surface area contributed by atoms with Crippen molar-refractivity contribution in [3.05, 3.63) is 22.7 Å². The van der Waals surface area contributed by atoms with Gasteiger partial charge in [0.2, 0.25) is 0 Å². The third-order valence-electron chi connectivity index (χ3n) is 3.32. The molecule has 6 nitrogen and oxygen atoms in total. The Morgan fingerprint density at radius 3 is 2.79 bits per heavy atom. The molecular formula is C16H23BClNO5. The molecule has 1 aromatic carbocycles. The molecule has 0 radical (unpaired) electrons. The normalized spacial score (nSPS) is 16.8. The first kappa shape index (κ1) is 18.9. The number of carbonyl (C=O) groups is 1. The highest BCUT2D eigenvalue weighted by molar-refractivity contribution is 6.62. The van der Waals surface area contributed by atoms with Crippen molar-refractivity contribution in [1.82, 2.24) is 5.32 Å². The van der Waals surface area contributed by atoms with Gasteiger partial charge in [-0.2, -0.15) is 0 Å². The van der Waals surface area contributed by atoms with E-state index in [4.69, 9.17) is 25.7 Å². The Balaban J connectivity index is 2.08. The molecule has 0 bridgehead atoms. The van der Waals surface area contributed by atoms with Crippen LogP contribution in [0.4, 0.5) is 4.79 Å². The van der Waals surface area contributed by atoms with Crippen LogP contribution in [-0.2, 0) is 9.39 Å². The topological polar surface area (TPSA) is 77.0 Å². The van der Waals surface area contributed by atoms with Gasteiger partial charge < -0.3 is 24.5 Å². The molecule has 0 aromatic heterocycles. The molecule has 1 aliphatic heterocycles. The van der Waals surface area contributed by atoms with Gasteiger partial charge in [-0.3, -0.25) is 0 Å². The number of amides is 1. The molecule has 2 rings (SSSR count). The number of fused-ring (bicyclic) bond motifs is 1. The van der Waals surface area contributed by atoms with Crippen LogP contribution in [0.25, 0.3) is 0 Å². The van der Waals surface area contributed by atoms with Crippen LogP contribution in [-0.4, -0.2) is 37.0 Å². The number of rotatable bonds is 5. The summed E-state index contributed by atoms with van der Waals surface area (Å²) >= 11 is 6.32. The molecule has 1 aliphatic rings. The van der Waals surface area contributed by atoms with Gasteiger partial charge >= 0.3 is 13.2 Å². The van der Waals surface area contributed by atoms with E-state index < -0.39 is 24.9 Å². The molecule has 1 amide bonds. The first-order valence-electron chi connectivity index (χ1n) is 7.97. The van der Waals surface area contributed by atoms with Crippen LogP contribution in [0.2, 0.25) is 5.02 Å². The van der Waals surface area contributed by atoms with Crippen molar-refractivity contribution >= 4 is 30.3 Å². The van der Waals surface area contributed by atoms with Crippen LogP contribution in [0, 0.1) is 0 Å². The minimum atomic E-state index is -1.10. The van der Waals surface area contributed by atoms with Crippen molar-refractivity contribution in [3.63, 3.8) is 0 Å². The number of carbonyl (C=O) groups excluding carboxylic acids is 1. The highest BCUT2D eigenvalue weighted by Gasteiger charge is 2.37. The first-order chi connectivity index (χ1) is 11.2. The third-order valence-corrected chi connectivity index (χ3v) is 3.63. The van der Waals surface area contributed by atoms with Gasteiger partial charge in [0.25, 0.3) is 0 Å². The number of benzene rings is 1. The van der Waals surface area contributed by atoms with Crippen LogP contribution in [0.15, 0.2) is 12.1 Å². The minimum absolute atomic E-state index is 0.147. The van der Waals surface area contributed by atoms with Gasteiger partial charge in [-0.25, -0.2) is 4.79 Å². The fraction of sp³-hybridized carbons (Fsp3) is 0.562. The van der Waals surface area contributed by atoms with E-state index in [9.17, 15) is 9.82 Å². The van der Waals surface area contributed by atoms with E-state index in [-0.39, 0.29) is 6.54 Å². The van der Waals surface area contributed by atoms with Crippen molar-refractivity contribution in [2.24, 2.45) is 0 Å². The molecule has 8 heteroatoms. The average molecular weight is 356 g/mol. The van der Waals surface area contributed by atoms with Gasteiger partial charge in [-0.1, -0.05) is 18.5 Å². The second-order valence-corrected chi connectivity index (χ2v) is 7.02. The van der Waals surface area contributed by atoms with Gasteiger partial charge in [-0.05, 0) is 50.4 Å². The Morgan fingerprint density at radius 1 is 1.46 bits per heavy atom. The summed E-state index contributed by atoms with van der Waals surface area (Å²) in [6.07, 6.45) is -0.223. The highest BCUT2D eigenvalue weighted by atomic mass is 35.5. The van der Waals surface area contributed by atoms with Gasteiger partial charge in [-0.15, -0.1) is 0 Å². The lowest BCUT2D eigenvalue weighted by molar-refractivity contribution is 0.0498. The molecule has 0 fully saturated rings. The smallest absolute Gasteiger partial charge is 0.492 e. The monoisotopic (exact) mass is 355 g/mol. The average Bonchev–Trinajstić information content (AvgIpc) is 2.78. The SMILES string of the molecule is CCCOc1cc(Cl)c2c(c1)B(O)OC2CNC(=O)OC(C)(C)C. The lowest BCUT2D eigenvalue weighted by atomic mass is 9.79. The van der Waals surface area contributed by atoms with Crippen LogP contribution >= 0.6 is 11.6 Å². The molecular weight excluding hydrogens is 332 g/mol. The zero-order valence-electron chi connectivity index (χ0n) is 14.4. The molecule has 1 unspecified atom stereocenters. The molecule has 0 saturated carbocycles. The fourth-order valence-electron chi connectivity index (χ4n) is 2.40. The van der Waals surface area contributed by atoms with Crippen molar-refractivity contribution < 1.29 is 23.9 Å². The van der Waals surface area contributed by atoms with E-state index in [1.807, 2.05) is 6.92 Å². The van der Waals surface area contributed by atoms with E-state index in [0.29, 0.717) is 28.4 Å². The summed E-state index contributed by atoms with van der Waals surface area (Å²) in [4.78, 5) is 11.8. The summed E-state index contributed by atoms with van der Waals surface area (Å²) in [5, 5.41) is 13.2. The Bertz CT molecular complexity index is 605. The van der Waals surface area contributed by atoms with E-state index in [0.717, 1.165) is 6.42 Å². The molecule has 132 valence electrons. The Labute approximate surface area is 147 Å². The summed E-state index contributed by atoms with van der Waals surface area (Å²) in [6, 6.07) is 3.41. The van der Waals surface area contributed by atoms with Crippen molar-refractivity contribution in [3.8, 4) is 5.75 Å². The van der Waals surface area contributed by atoms with E-state index in [1.54, 1.807) is 32.9 Å². The molecule has 24 heavy (non-hydrogen) atoms. The minimum Gasteiger partial charge on any atom is -0.494 e. The quantitative estimate of drug-likeness (QED) is 0.793. The molecule has 1 heterocycles. The molecule has 0 spiro atoms. The molecule has 1 atom stereocenters. The number of hydrogen-bond donors (Lipinski definition) is 2. The van der Waals surface area contributed by atoms with Crippen LogP contribution in [0.5, 0.6) is 5.75 Å². The highest BCUT2D eigenvalue weighted by Crippen LogP contribution is 2.32. The maximum absolute atomic E-state index is 11.8. The van der Waals surface area contributed by atoms with E-state index >= 15 is 0 Å². The zero-order chi connectivity index (χ0) is 17.9. The Morgan fingerprint density at radius 2 is 2.17 bits per heavy atom. The Kier molecular flexibility index (Phi) is 6.01. The Hall–Kier alpha value is -1.44. The van der Waals surface area contributed by atoms with Crippen LogP contribution in [0.1, 0.15) is 45.8 Å². The number of halogens is 1. The van der Waals surface area contributed by atoms with E-state index in [1.165, 1.54) is 0 Å². The molecule has 0 aliphatic carbocycles. The largest absolute Gasteiger partial charge is 0.494 e. The van der Waals surface area contributed by atoms with Crippen LogP contribution < -0.4 is 15.5 Å². The van der Waals surface area contributed by atoms with E-state index in [2.05, 4.69) is 5.32 Å². The third kappa shape index (κ3) is 4.78. The number of nitrogens with one attached hydrogen (secondary N) is 1. The van der Waals surface area contributed by atoms with Crippen molar-refractivity contribution in [1.29, 1.82) is 0 Å². The summed E-state index contributed by atoms with van der Waals surface area (Å²) in [5.74, 6) is 0.587. The second kappa shape index (κ2) is 7.63. The van der Waals surface area contributed by atoms with Gasteiger partial charge in [0, 0.05) is 11.6 Å². The number of ether oxygens (including phenoxy) is 2. The predicted octanol–water partition coefficient (Wildman–Crippen LogP) is 2.41. The molecule has 2 N–H and O–H groups in total. The molecule has 1 aromatic rings. The van der Waals surface area contributed by atoms with Gasteiger partial charge in [0.05, 0.1) is 12.7 Å². The van der Waals surface area contributed by atoms with Crippen molar-refractivity contribution in [2.75, 3.05) is 13.2 Å². The van der Waals surface area contributed by atoms with Crippen molar-refractivity contribution in [2.45, 2.75) is 45.8 Å². The summed E-state index contributed by atoms with van der Waals surface area (Å²) in [5.41, 5.74) is 0.634. The number of hydrogen-bond acceptors (Lipinski definition) is 5. The zero-order valence-corrected chi connectivity index (χ0v) is 15.1. The summed E-state index contributed by atoms with van der Waals surface area (Å²) < 4.78 is 16.2. The maximum atomic E-state index is 11.8. The van der Waals surface area contributed by atoms with Gasteiger partial charge in [0.15, 0.2) is 0 Å². The van der Waals surface area contributed by atoms with Crippen LogP contribution in [0.3, 0.4) is 0 Å². The summed E-state index contributed by atoms with van der Waals surface area (Å²) in [7, 11) is -1.10. The van der Waals surface area contributed by atoms with Gasteiger partial charge in [0.1, 0.15) is 11.4 Å². The standard InChI is InChI=1S/C16H23BClNO5/c1-5-6-22-10-7-11-14(12(18)8-10)13(24-17(11)21)9-19-15(20)23-16(2,3)4/h7-8,13,21H,5-6,9H2,1-4H3,(H,19,20). The second-order valence-electron chi connectivity index (χ2n) is 6.62.